The Kier molecular flexibility index (Phi) is 4.12. The molecule has 2 fully saturated rings. The summed E-state index contributed by atoms with van der Waals surface area (Å²) in [6.07, 6.45) is 4.33. The van der Waals surface area contributed by atoms with Gasteiger partial charge in [-0.25, -0.2) is 8.42 Å². The molecule has 3 heterocycles. The molecule has 0 aliphatic carbocycles. The first-order chi connectivity index (χ1) is 9.52. The van der Waals surface area contributed by atoms with Crippen LogP contribution in [-0.4, -0.2) is 38.9 Å². The zero-order chi connectivity index (χ0) is 14.2. The van der Waals surface area contributed by atoms with Crippen LogP contribution in [0.5, 0.6) is 0 Å². The summed E-state index contributed by atoms with van der Waals surface area (Å²) < 4.78 is 27.9. The molecule has 4 nitrogen and oxygen atoms in total. The van der Waals surface area contributed by atoms with Crippen molar-refractivity contribution in [3.05, 3.63) is 16.5 Å². The van der Waals surface area contributed by atoms with Gasteiger partial charge in [-0.3, -0.25) is 0 Å². The first-order valence-electron chi connectivity index (χ1n) is 6.98. The van der Waals surface area contributed by atoms with Gasteiger partial charge < -0.3 is 5.32 Å². The van der Waals surface area contributed by atoms with E-state index in [9.17, 15) is 8.42 Å². The highest BCUT2D eigenvalue weighted by atomic mass is 35.5. The molecule has 20 heavy (non-hydrogen) atoms. The van der Waals surface area contributed by atoms with E-state index in [1.807, 2.05) is 0 Å². The first-order valence-corrected chi connectivity index (χ1v) is 9.62. The lowest BCUT2D eigenvalue weighted by atomic mass is 9.75. The monoisotopic (exact) mass is 334 g/mol. The first kappa shape index (κ1) is 14.8. The number of sulfonamides is 1. The molecule has 112 valence electrons. The predicted molar refractivity (Wildman–Crippen MR) is 81.9 cm³/mol. The highest BCUT2D eigenvalue weighted by Crippen LogP contribution is 2.38. The van der Waals surface area contributed by atoms with Gasteiger partial charge in [0, 0.05) is 19.6 Å². The van der Waals surface area contributed by atoms with E-state index in [1.54, 1.807) is 16.4 Å². The second kappa shape index (κ2) is 5.57. The van der Waals surface area contributed by atoms with Crippen LogP contribution < -0.4 is 5.32 Å². The van der Waals surface area contributed by atoms with Crippen molar-refractivity contribution in [2.75, 3.05) is 26.2 Å². The van der Waals surface area contributed by atoms with Gasteiger partial charge in [0.2, 0.25) is 0 Å². The molecule has 3 rings (SSSR count). The Bertz CT molecular complexity index is 573. The third-order valence-electron chi connectivity index (χ3n) is 4.33. The van der Waals surface area contributed by atoms with E-state index in [4.69, 9.17) is 11.6 Å². The average molecular weight is 335 g/mol. The summed E-state index contributed by atoms with van der Waals surface area (Å²) in [6, 6.07) is 3.27. The molecule has 0 saturated carbocycles. The highest BCUT2D eigenvalue weighted by Gasteiger charge is 2.41. The van der Waals surface area contributed by atoms with Gasteiger partial charge in [0.05, 0.1) is 4.34 Å². The third-order valence-corrected chi connectivity index (χ3v) is 7.87. The zero-order valence-electron chi connectivity index (χ0n) is 11.3. The van der Waals surface area contributed by atoms with Gasteiger partial charge in [0.1, 0.15) is 4.21 Å². The number of nitrogens with one attached hydrogen (secondary N) is 1. The molecule has 2 saturated heterocycles. The van der Waals surface area contributed by atoms with E-state index in [0.717, 1.165) is 50.1 Å². The van der Waals surface area contributed by atoms with Crippen molar-refractivity contribution in [3.8, 4) is 0 Å². The fourth-order valence-corrected chi connectivity index (χ4v) is 6.54. The number of halogens is 1. The van der Waals surface area contributed by atoms with Crippen molar-refractivity contribution < 1.29 is 8.42 Å². The Hall–Kier alpha value is -0.140. The Morgan fingerprint density at radius 1 is 1.30 bits per heavy atom. The lowest BCUT2D eigenvalue weighted by molar-refractivity contribution is 0.110. The van der Waals surface area contributed by atoms with Crippen molar-refractivity contribution in [2.24, 2.45) is 5.41 Å². The molecular weight excluding hydrogens is 316 g/mol. The zero-order valence-corrected chi connectivity index (χ0v) is 13.7. The molecule has 1 atom stereocenters. The van der Waals surface area contributed by atoms with E-state index < -0.39 is 10.0 Å². The van der Waals surface area contributed by atoms with Gasteiger partial charge in [0.15, 0.2) is 0 Å². The molecule has 1 aromatic rings. The molecule has 1 aromatic heterocycles. The average Bonchev–Trinajstić information content (AvgIpc) is 2.87. The lowest BCUT2D eigenvalue weighted by Crippen LogP contribution is -2.52. The maximum atomic E-state index is 12.7. The van der Waals surface area contributed by atoms with Gasteiger partial charge in [0.25, 0.3) is 10.0 Å². The van der Waals surface area contributed by atoms with Crippen LogP contribution in [0.2, 0.25) is 4.34 Å². The predicted octanol–water partition coefficient (Wildman–Crippen LogP) is 2.56. The molecule has 1 spiro atoms. The summed E-state index contributed by atoms with van der Waals surface area (Å²) in [6.45, 7) is 3.25. The number of hydrogen-bond donors (Lipinski definition) is 1. The quantitative estimate of drug-likeness (QED) is 0.904. The summed E-state index contributed by atoms with van der Waals surface area (Å²) in [5.41, 5.74) is 0.130. The molecule has 0 bridgehead atoms. The smallest absolute Gasteiger partial charge is 0.252 e. The van der Waals surface area contributed by atoms with Crippen molar-refractivity contribution in [2.45, 2.75) is 29.9 Å². The van der Waals surface area contributed by atoms with Crippen molar-refractivity contribution in [1.29, 1.82) is 0 Å². The van der Waals surface area contributed by atoms with Gasteiger partial charge in [-0.05, 0) is 49.8 Å². The summed E-state index contributed by atoms with van der Waals surface area (Å²) in [4.78, 5) is 0. The highest BCUT2D eigenvalue weighted by molar-refractivity contribution is 7.91. The van der Waals surface area contributed by atoms with Crippen molar-refractivity contribution in [3.63, 3.8) is 0 Å². The maximum absolute atomic E-state index is 12.7. The maximum Gasteiger partial charge on any atom is 0.252 e. The van der Waals surface area contributed by atoms with Crippen molar-refractivity contribution in [1.82, 2.24) is 9.62 Å². The van der Waals surface area contributed by atoms with Crippen molar-refractivity contribution >= 4 is 33.0 Å². The Balaban J connectivity index is 1.83. The lowest BCUT2D eigenvalue weighted by Gasteiger charge is -2.44. The van der Waals surface area contributed by atoms with E-state index >= 15 is 0 Å². The molecule has 0 aromatic carbocycles. The van der Waals surface area contributed by atoms with Gasteiger partial charge in [-0.1, -0.05) is 11.6 Å². The Labute approximate surface area is 129 Å². The Morgan fingerprint density at radius 2 is 2.10 bits per heavy atom. The molecular formula is C13H19ClN2O2S2. The fraction of sp³-hybridized carbons (Fsp3) is 0.692. The second-order valence-electron chi connectivity index (χ2n) is 5.78. The topological polar surface area (TPSA) is 49.4 Å². The van der Waals surface area contributed by atoms with Crippen LogP contribution in [0.25, 0.3) is 0 Å². The SMILES string of the molecule is O=S(=O)(c1ccc(Cl)s1)N1CCCC2(CCCNC2)C1. The van der Waals surface area contributed by atoms with Crippen LogP contribution in [-0.2, 0) is 10.0 Å². The summed E-state index contributed by atoms with van der Waals surface area (Å²) >= 11 is 7.02. The van der Waals surface area contributed by atoms with E-state index in [1.165, 1.54) is 0 Å². The molecule has 7 heteroatoms. The normalized spacial score (nSPS) is 28.9. The Morgan fingerprint density at radius 3 is 2.75 bits per heavy atom. The minimum absolute atomic E-state index is 0.130. The third kappa shape index (κ3) is 2.76. The van der Waals surface area contributed by atoms with Gasteiger partial charge >= 0.3 is 0 Å². The number of rotatable bonds is 2. The van der Waals surface area contributed by atoms with Crippen LogP contribution in [0.1, 0.15) is 25.7 Å². The van der Waals surface area contributed by atoms with E-state index in [0.29, 0.717) is 21.6 Å². The molecule has 2 aliphatic heterocycles. The van der Waals surface area contributed by atoms with Crippen LogP contribution in [0, 0.1) is 5.41 Å². The van der Waals surface area contributed by atoms with Crippen LogP contribution in [0.15, 0.2) is 16.3 Å². The summed E-state index contributed by atoms with van der Waals surface area (Å²) in [7, 11) is -3.38. The fourth-order valence-electron chi connectivity index (χ4n) is 3.31. The number of thiophene rings is 1. The number of nitrogens with zero attached hydrogens (tertiary/aromatic N) is 1. The van der Waals surface area contributed by atoms with Gasteiger partial charge in [-0.2, -0.15) is 4.31 Å². The van der Waals surface area contributed by atoms with Crippen LogP contribution >= 0.6 is 22.9 Å². The molecule has 1 N–H and O–H groups in total. The van der Waals surface area contributed by atoms with Gasteiger partial charge in [-0.15, -0.1) is 11.3 Å². The largest absolute Gasteiger partial charge is 0.316 e. The van der Waals surface area contributed by atoms with E-state index in [-0.39, 0.29) is 5.41 Å². The number of hydrogen-bond acceptors (Lipinski definition) is 4. The summed E-state index contributed by atoms with van der Waals surface area (Å²) in [5.74, 6) is 0. The summed E-state index contributed by atoms with van der Waals surface area (Å²) in [5, 5.41) is 3.42. The van der Waals surface area contributed by atoms with Crippen LogP contribution in [0.4, 0.5) is 0 Å². The minimum atomic E-state index is -3.38. The number of piperidine rings is 2. The minimum Gasteiger partial charge on any atom is -0.316 e. The molecule has 1 unspecified atom stereocenters. The molecule has 0 radical (unpaired) electrons. The second-order valence-corrected chi connectivity index (χ2v) is 9.66. The van der Waals surface area contributed by atoms with E-state index in [2.05, 4.69) is 5.32 Å². The standard InChI is InChI=1S/C13H19ClN2O2S2/c14-11-3-4-12(19-11)20(17,18)16-8-2-6-13(10-16)5-1-7-15-9-13/h3-4,15H,1-2,5-10H2. The molecule has 2 aliphatic rings. The van der Waals surface area contributed by atoms with Crippen LogP contribution in [0.3, 0.4) is 0 Å². The molecule has 0 amide bonds.